The van der Waals surface area contributed by atoms with Gasteiger partial charge in [0.1, 0.15) is 0 Å². The Labute approximate surface area is 80.7 Å². The highest BCUT2D eigenvalue weighted by molar-refractivity contribution is 6.01. The third-order valence-electron chi connectivity index (χ3n) is 1.90. The van der Waals surface area contributed by atoms with Gasteiger partial charge in [-0.3, -0.25) is 14.9 Å². The first-order valence-electron chi connectivity index (χ1n) is 4.02. The first-order chi connectivity index (χ1) is 6.52. The van der Waals surface area contributed by atoms with E-state index in [1.807, 2.05) is 0 Å². The molecular formula is C9H10N2O3. The third-order valence-corrected chi connectivity index (χ3v) is 1.90. The van der Waals surface area contributed by atoms with Crippen LogP contribution in [0.4, 0.5) is 5.69 Å². The molecule has 0 heterocycles. The average Bonchev–Trinajstić information content (AvgIpc) is 2.08. The van der Waals surface area contributed by atoms with Gasteiger partial charge in [-0.1, -0.05) is 12.1 Å². The van der Waals surface area contributed by atoms with Crippen molar-refractivity contribution in [3.05, 3.63) is 39.4 Å². The van der Waals surface area contributed by atoms with Crippen molar-refractivity contribution < 1.29 is 9.72 Å². The van der Waals surface area contributed by atoms with Crippen molar-refractivity contribution in [2.75, 3.05) is 12.3 Å². The number of rotatable bonds is 3. The molecule has 5 heteroatoms. The van der Waals surface area contributed by atoms with Gasteiger partial charge in [0.15, 0.2) is 0 Å². The summed E-state index contributed by atoms with van der Waals surface area (Å²) >= 11 is 0. The molecule has 0 unspecified atom stereocenters. The Kier molecular flexibility index (Phi) is 2.81. The zero-order chi connectivity index (χ0) is 10.7. The summed E-state index contributed by atoms with van der Waals surface area (Å²) in [6, 6.07) is 4.89. The zero-order valence-corrected chi connectivity index (χ0v) is 7.69. The van der Waals surface area contributed by atoms with Gasteiger partial charge >= 0.3 is 0 Å². The fourth-order valence-corrected chi connectivity index (χ4v) is 1.13. The monoisotopic (exact) mass is 194 g/mol. The van der Waals surface area contributed by atoms with Crippen molar-refractivity contribution in [1.29, 1.82) is 0 Å². The number of carbonyl (C=O) groups is 1. The van der Waals surface area contributed by atoms with Crippen LogP contribution in [0.5, 0.6) is 0 Å². The summed E-state index contributed by atoms with van der Waals surface area (Å²) in [4.78, 5) is 20.8. The maximum absolute atomic E-state index is 11.3. The Balaban J connectivity index is 3.01. The average molecular weight is 194 g/mol. The van der Waals surface area contributed by atoms with Crippen LogP contribution in [0.15, 0.2) is 18.2 Å². The molecule has 1 aromatic carbocycles. The Morgan fingerprint density at radius 2 is 2.21 bits per heavy atom. The lowest BCUT2D eigenvalue weighted by Gasteiger charge is -2.04. The highest BCUT2D eigenvalue weighted by Crippen LogP contribution is 2.16. The van der Waals surface area contributed by atoms with Gasteiger partial charge in [0.05, 0.1) is 0 Å². The number of hydrogen-bond acceptors (Lipinski definition) is 4. The zero-order valence-electron chi connectivity index (χ0n) is 7.69. The maximum atomic E-state index is 11.3. The third kappa shape index (κ3) is 2.07. The molecule has 1 aromatic rings. The number of benzene rings is 1. The van der Waals surface area contributed by atoms with Crippen molar-refractivity contribution in [3.63, 3.8) is 0 Å². The predicted octanol–water partition coefficient (Wildman–Crippen LogP) is 1.04. The van der Waals surface area contributed by atoms with Crippen molar-refractivity contribution in [1.82, 2.24) is 0 Å². The molecule has 0 saturated carbocycles. The molecule has 0 aromatic heterocycles. The molecule has 0 aliphatic heterocycles. The van der Waals surface area contributed by atoms with E-state index in [0.717, 1.165) is 5.56 Å². The van der Waals surface area contributed by atoms with Crippen LogP contribution >= 0.6 is 0 Å². The minimum atomic E-state index is -0.715. The summed E-state index contributed by atoms with van der Waals surface area (Å²) in [5, 5.41) is 10.1. The molecule has 0 aliphatic carbocycles. The number of nitro groups is 1. The Hall–Kier alpha value is -1.91. The SMILES string of the molecule is Cc1cccc(C(=O)C[N+](=O)[O-])c1N. The first kappa shape index (κ1) is 10.2. The summed E-state index contributed by atoms with van der Waals surface area (Å²) in [5.41, 5.74) is 6.91. The largest absolute Gasteiger partial charge is 0.398 e. The van der Waals surface area contributed by atoms with Crippen LogP contribution < -0.4 is 5.73 Å². The molecule has 0 bridgehead atoms. The minimum Gasteiger partial charge on any atom is -0.398 e. The van der Waals surface area contributed by atoms with Crippen LogP contribution in [0.2, 0.25) is 0 Å². The second-order valence-corrected chi connectivity index (χ2v) is 2.95. The molecule has 1 rings (SSSR count). The van der Waals surface area contributed by atoms with Gasteiger partial charge in [-0.15, -0.1) is 0 Å². The number of para-hydroxylation sites is 1. The highest BCUT2D eigenvalue weighted by atomic mass is 16.6. The van der Waals surface area contributed by atoms with Crippen molar-refractivity contribution in [3.8, 4) is 0 Å². The molecule has 2 N–H and O–H groups in total. The molecule has 74 valence electrons. The molecule has 0 aliphatic rings. The number of ketones is 1. The van der Waals surface area contributed by atoms with Crippen LogP contribution in [0.25, 0.3) is 0 Å². The number of anilines is 1. The van der Waals surface area contributed by atoms with Crippen molar-refractivity contribution in [2.45, 2.75) is 6.92 Å². The normalized spacial score (nSPS) is 9.79. The van der Waals surface area contributed by atoms with Crippen LogP contribution in [-0.2, 0) is 0 Å². The summed E-state index contributed by atoms with van der Waals surface area (Å²) < 4.78 is 0. The fraction of sp³-hybridized carbons (Fsp3) is 0.222. The van der Waals surface area contributed by atoms with E-state index in [4.69, 9.17) is 5.73 Å². The van der Waals surface area contributed by atoms with E-state index in [1.165, 1.54) is 6.07 Å². The first-order valence-corrected chi connectivity index (χ1v) is 4.02. The van der Waals surface area contributed by atoms with Gasteiger partial charge in [-0.05, 0) is 18.6 Å². The number of hydrogen-bond donors (Lipinski definition) is 1. The summed E-state index contributed by atoms with van der Waals surface area (Å²) in [5.74, 6) is -0.559. The molecule has 0 fully saturated rings. The summed E-state index contributed by atoms with van der Waals surface area (Å²) in [6.45, 7) is 1.03. The lowest BCUT2D eigenvalue weighted by atomic mass is 10.1. The summed E-state index contributed by atoms with van der Waals surface area (Å²) in [7, 11) is 0. The second-order valence-electron chi connectivity index (χ2n) is 2.95. The standard InChI is InChI=1S/C9H10N2O3/c1-6-3-2-4-7(9(6)10)8(12)5-11(13)14/h2-4H,5,10H2,1H3. The Morgan fingerprint density at radius 1 is 1.57 bits per heavy atom. The molecule has 14 heavy (non-hydrogen) atoms. The number of nitrogens with zero attached hydrogens (tertiary/aromatic N) is 1. The molecule has 0 radical (unpaired) electrons. The van der Waals surface area contributed by atoms with E-state index in [9.17, 15) is 14.9 Å². The topological polar surface area (TPSA) is 86.2 Å². The fourth-order valence-electron chi connectivity index (χ4n) is 1.13. The number of Topliss-reactive ketones (excluding diaryl/α,β-unsaturated/α-hetero) is 1. The second kappa shape index (κ2) is 3.87. The minimum absolute atomic E-state index is 0.224. The maximum Gasteiger partial charge on any atom is 0.265 e. The van der Waals surface area contributed by atoms with Crippen LogP contribution in [0.1, 0.15) is 15.9 Å². The van der Waals surface area contributed by atoms with Crippen molar-refractivity contribution in [2.24, 2.45) is 0 Å². The van der Waals surface area contributed by atoms with Gasteiger partial charge in [-0.2, -0.15) is 0 Å². The Morgan fingerprint density at radius 3 is 2.79 bits per heavy atom. The lowest BCUT2D eigenvalue weighted by molar-refractivity contribution is -0.465. The number of nitrogens with two attached hydrogens (primary N) is 1. The van der Waals surface area contributed by atoms with Crippen LogP contribution in [-0.4, -0.2) is 17.3 Å². The molecule has 0 saturated heterocycles. The van der Waals surface area contributed by atoms with E-state index >= 15 is 0 Å². The quantitative estimate of drug-likeness (QED) is 0.337. The molecule has 0 amide bonds. The number of carbonyl (C=O) groups excluding carboxylic acids is 1. The number of aryl methyl sites for hydroxylation is 1. The highest BCUT2D eigenvalue weighted by Gasteiger charge is 2.15. The smallest absolute Gasteiger partial charge is 0.265 e. The van der Waals surface area contributed by atoms with Crippen LogP contribution in [0.3, 0.4) is 0 Å². The Bertz CT molecular complexity index is 388. The molecule has 0 spiro atoms. The molecule has 5 nitrogen and oxygen atoms in total. The van der Waals surface area contributed by atoms with Gasteiger partial charge in [0, 0.05) is 16.2 Å². The van der Waals surface area contributed by atoms with Gasteiger partial charge in [0.25, 0.3) is 6.54 Å². The van der Waals surface area contributed by atoms with E-state index < -0.39 is 17.3 Å². The van der Waals surface area contributed by atoms with Gasteiger partial charge in [-0.25, -0.2) is 0 Å². The molecular weight excluding hydrogens is 184 g/mol. The van der Waals surface area contributed by atoms with E-state index in [1.54, 1.807) is 19.1 Å². The lowest BCUT2D eigenvalue weighted by Crippen LogP contribution is -2.15. The predicted molar refractivity (Wildman–Crippen MR) is 51.8 cm³/mol. The van der Waals surface area contributed by atoms with E-state index in [0.29, 0.717) is 5.69 Å². The van der Waals surface area contributed by atoms with E-state index in [-0.39, 0.29) is 5.56 Å². The van der Waals surface area contributed by atoms with Gasteiger partial charge in [0.2, 0.25) is 5.78 Å². The number of nitrogen functional groups attached to an aromatic ring is 1. The van der Waals surface area contributed by atoms with E-state index in [2.05, 4.69) is 0 Å². The van der Waals surface area contributed by atoms with Crippen molar-refractivity contribution >= 4 is 11.5 Å². The molecule has 0 atom stereocenters. The summed E-state index contributed by atoms with van der Waals surface area (Å²) in [6.07, 6.45) is 0. The van der Waals surface area contributed by atoms with Crippen LogP contribution in [0, 0.1) is 17.0 Å². The van der Waals surface area contributed by atoms with Gasteiger partial charge < -0.3 is 5.73 Å².